The number of carbonyl (C=O) groups is 1. The molecule has 1 heterocycles. The minimum Gasteiger partial charge on any atom is -0.486 e. The highest BCUT2D eigenvalue weighted by Gasteiger charge is 2.08. The van der Waals surface area contributed by atoms with E-state index in [4.69, 9.17) is 22.1 Å². The van der Waals surface area contributed by atoms with Gasteiger partial charge in [-0.1, -0.05) is 11.6 Å². The van der Waals surface area contributed by atoms with Crippen molar-refractivity contribution in [2.24, 2.45) is 5.73 Å². The first-order chi connectivity index (χ1) is 11.2. The van der Waals surface area contributed by atoms with Crippen molar-refractivity contribution in [3.63, 3.8) is 0 Å². The molecule has 0 radical (unpaired) electrons. The number of benzene rings is 1. The average molecular weight is 354 g/mol. The van der Waals surface area contributed by atoms with Crippen LogP contribution < -0.4 is 15.8 Å². The molecule has 1 aromatic heterocycles. The number of nitrogens with zero attached hydrogens (tertiary/aromatic N) is 1. The molecule has 23 heavy (non-hydrogen) atoms. The van der Waals surface area contributed by atoms with Crippen molar-refractivity contribution in [3.05, 3.63) is 45.4 Å². The quantitative estimate of drug-likeness (QED) is 0.679. The number of amides is 1. The molecule has 5 nitrogen and oxygen atoms in total. The predicted octanol–water partition coefficient (Wildman–Crippen LogP) is 2.77. The molecule has 2 aromatic rings. The van der Waals surface area contributed by atoms with E-state index in [1.54, 1.807) is 12.1 Å². The molecule has 0 bridgehead atoms. The Kier molecular flexibility index (Phi) is 7.32. The summed E-state index contributed by atoms with van der Waals surface area (Å²) in [6.07, 6.45) is 2.11. The molecule has 3 N–H and O–H groups in total. The number of thiazole rings is 1. The van der Waals surface area contributed by atoms with E-state index < -0.39 is 0 Å². The number of halogens is 1. The third-order valence-electron chi connectivity index (χ3n) is 3.07. The number of unbranched alkanes of at least 4 members (excludes halogenated alkanes) is 1. The summed E-state index contributed by atoms with van der Waals surface area (Å²) < 4.78 is 5.63. The van der Waals surface area contributed by atoms with Crippen molar-refractivity contribution >= 4 is 28.8 Å². The van der Waals surface area contributed by atoms with Crippen molar-refractivity contribution in [3.8, 4) is 5.75 Å². The number of nitrogens with one attached hydrogen (secondary N) is 1. The Balaban J connectivity index is 1.74. The van der Waals surface area contributed by atoms with Gasteiger partial charge in [-0.15, -0.1) is 11.3 Å². The van der Waals surface area contributed by atoms with Gasteiger partial charge in [-0.2, -0.15) is 0 Å². The van der Waals surface area contributed by atoms with Crippen LogP contribution in [-0.2, 0) is 17.8 Å². The minimum atomic E-state index is -0.0162. The van der Waals surface area contributed by atoms with Crippen LogP contribution in [-0.4, -0.2) is 24.0 Å². The van der Waals surface area contributed by atoms with Gasteiger partial charge in [-0.05, 0) is 43.7 Å². The Morgan fingerprint density at radius 1 is 1.30 bits per heavy atom. The molecular formula is C16H20ClN3O2S. The van der Waals surface area contributed by atoms with E-state index in [1.807, 2.05) is 17.5 Å². The smallest absolute Gasteiger partial charge is 0.226 e. The highest BCUT2D eigenvalue weighted by molar-refractivity contribution is 7.09. The van der Waals surface area contributed by atoms with Gasteiger partial charge >= 0.3 is 0 Å². The lowest BCUT2D eigenvalue weighted by molar-refractivity contribution is -0.120. The van der Waals surface area contributed by atoms with E-state index in [0.717, 1.165) is 29.3 Å². The molecule has 0 spiro atoms. The molecule has 1 aromatic carbocycles. The van der Waals surface area contributed by atoms with Gasteiger partial charge < -0.3 is 15.8 Å². The van der Waals surface area contributed by atoms with E-state index in [-0.39, 0.29) is 5.91 Å². The zero-order valence-electron chi connectivity index (χ0n) is 12.8. The first-order valence-electron chi connectivity index (χ1n) is 7.46. The summed E-state index contributed by atoms with van der Waals surface area (Å²) in [7, 11) is 0. The number of carbonyl (C=O) groups excluding carboxylic acids is 1. The normalized spacial score (nSPS) is 10.5. The van der Waals surface area contributed by atoms with E-state index >= 15 is 0 Å². The van der Waals surface area contributed by atoms with Gasteiger partial charge in [0, 0.05) is 16.9 Å². The van der Waals surface area contributed by atoms with E-state index in [0.29, 0.717) is 31.1 Å². The number of rotatable bonds is 9. The summed E-state index contributed by atoms with van der Waals surface area (Å²) in [4.78, 5) is 16.2. The maximum absolute atomic E-state index is 11.8. The van der Waals surface area contributed by atoms with Crippen molar-refractivity contribution in [2.45, 2.75) is 25.9 Å². The highest BCUT2D eigenvalue weighted by atomic mass is 35.5. The number of aromatic nitrogens is 1. The SMILES string of the molecule is NCCCCNC(=O)Cc1csc(COc2ccc(Cl)cc2)n1. The van der Waals surface area contributed by atoms with Crippen molar-refractivity contribution in [1.29, 1.82) is 0 Å². The van der Waals surface area contributed by atoms with Gasteiger partial charge in [0.1, 0.15) is 17.4 Å². The molecule has 0 aliphatic heterocycles. The molecule has 124 valence electrons. The Morgan fingerprint density at radius 2 is 2.09 bits per heavy atom. The third kappa shape index (κ3) is 6.56. The lowest BCUT2D eigenvalue weighted by atomic mass is 10.3. The van der Waals surface area contributed by atoms with Crippen LogP contribution in [0.15, 0.2) is 29.6 Å². The second-order valence-corrected chi connectivity index (χ2v) is 6.38. The zero-order chi connectivity index (χ0) is 16.5. The summed E-state index contributed by atoms with van der Waals surface area (Å²) in [6.45, 7) is 1.69. The van der Waals surface area contributed by atoms with Gasteiger partial charge in [0.2, 0.25) is 5.91 Å². The number of nitrogens with two attached hydrogens (primary N) is 1. The zero-order valence-corrected chi connectivity index (χ0v) is 14.3. The van der Waals surface area contributed by atoms with E-state index in [1.165, 1.54) is 11.3 Å². The molecule has 0 saturated carbocycles. The second kappa shape index (κ2) is 9.50. The first-order valence-corrected chi connectivity index (χ1v) is 8.71. The summed E-state index contributed by atoms with van der Waals surface area (Å²) in [5.41, 5.74) is 6.17. The van der Waals surface area contributed by atoms with Crippen LogP contribution in [0.2, 0.25) is 5.02 Å². The Labute approximate surface area is 144 Å². The number of hydrogen-bond donors (Lipinski definition) is 2. The standard InChI is InChI=1S/C16H20ClN3O2S/c17-12-3-5-14(6-4-12)22-10-16-20-13(11-23-16)9-15(21)19-8-2-1-7-18/h3-6,11H,1-2,7-10,18H2,(H,19,21). The molecule has 0 atom stereocenters. The molecule has 2 rings (SSSR count). The van der Waals surface area contributed by atoms with Gasteiger partial charge in [0.05, 0.1) is 12.1 Å². The van der Waals surface area contributed by atoms with Crippen LogP contribution in [0.5, 0.6) is 5.75 Å². The van der Waals surface area contributed by atoms with Crippen molar-refractivity contribution in [2.75, 3.05) is 13.1 Å². The number of ether oxygens (including phenoxy) is 1. The van der Waals surface area contributed by atoms with Crippen LogP contribution in [0.3, 0.4) is 0 Å². The van der Waals surface area contributed by atoms with Crippen molar-refractivity contribution in [1.82, 2.24) is 10.3 Å². The van der Waals surface area contributed by atoms with Crippen LogP contribution in [0, 0.1) is 0 Å². The minimum absolute atomic E-state index is 0.0162. The molecule has 0 fully saturated rings. The number of hydrogen-bond acceptors (Lipinski definition) is 5. The molecule has 0 aliphatic carbocycles. The van der Waals surface area contributed by atoms with Gasteiger partial charge in [-0.25, -0.2) is 4.98 Å². The van der Waals surface area contributed by atoms with Crippen molar-refractivity contribution < 1.29 is 9.53 Å². The summed E-state index contributed by atoms with van der Waals surface area (Å²) in [5, 5.41) is 6.26. The Bertz CT molecular complexity index is 616. The van der Waals surface area contributed by atoms with E-state index in [9.17, 15) is 4.79 Å². The van der Waals surface area contributed by atoms with Crippen LogP contribution in [0.25, 0.3) is 0 Å². The molecule has 0 aliphatic rings. The monoisotopic (exact) mass is 353 g/mol. The van der Waals surface area contributed by atoms with Gasteiger partial charge in [-0.3, -0.25) is 4.79 Å². The fourth-order valence-corrected chi connectivity index (χ4v) is 2.73. The van der Waals surface area contributed by atoms with Crippen LogP contribution in [0.1, 0.15) is 23.5 Å². The largest absolute Gasteiger partial charge is 0.486 e. The summed E-state index contributed by atoms with van der Waals surface area (Å²) in [6, 6.07) is 7.18. The maximum Gasteiger partial charge on any atom is 0.226 e. The fourth-order valence-electron chi connectivity index (χ4n) is 1.90. The van der Waals surface area contributed by atoms with Crippen LogP contribution in [0.4, 0.5) is 0 Å². The molecule has 7 heteroatoms. The average Bonchev–Trinajstić information content (AvgIpc) is 2.98. The molecular weight excluding hydrogens is 334 g/mol. The topological polar surface area (TPSA) is 77.2 Å². The Hall–Kier alpha value is -1.63. The molecule has 0 saturated heterocycles. The lowest BCUT2D eigenvalue weighted by Gasteiger charge is -2.04. The molecule has 0 unspecified atom stereocenters. The lowest BCUT2D eigenvalue weighted by Crippen LogP contribution is -2.26. The second-order valence-electron chi connectivity index (χ2n) is 5.00. The summed E-state index contributed by atoms with van der Waals surface area (Å²) >= 11 is 7.31. The van der Waals surface area contributed by atoms with Crippen LogP contribution >= 0.6 is 22.9 Å². The summed E-state index contributed by atoms with van der Waals surface area (Å²) in [5.74, 6) is 0.723. The highest BCUT2D eigenvalue weighted by Crippen LogP contribution is 2.18. The van der Waals surface area contributed by atoms with Gasteiger partial charge in [0.15, 0.2) is 0 Å². The third-order valence-corrected chi connectivity index (χ3v) is 4.19. The maximum atomic E-state index is 11.8. The molecule has 1 amide bonds. The first kappa shape index (κ1) is 17.7. The Morgan fingerprint density at radius 3 is 2.83 bits per heavy atom. The fraction of sp³-hybridized carbons (Fsp3) is 0.375. The van der Waals surface area contributed by atoms with E-state index in [2.05, 4.69) is 10.3 Å². The predicted molar refractivity (Wildman–Crippen MR) is 92.9 cm³/mol. The van der Waals surface area contributed by atoms with Gasteiger partial charge in [0.25, 0.3) is 0 Å².